The average molecular weight is 288 g/mol. The minimum absolute atomic E-state index is 0.180. The van der Waals surface area contributed by atoms with E-state index in [9.17, 15) is 9.90 Å². The first kappa shape index (κ1) is 12.6. The molecule has 1 heterocycles. The predicted molar refractivity (Wildman–Crippen MR) is 75.0 cm³/mol. The number of aromatic nitrogens is 3. The Kier molecular flexibility index (Phi) is 3.12. The molecule has 5 nitrogen and oxygen atoms in total. The highest BCUT2D eigenvalue weighted by Crippen LogP contribution is 2.21. The topological polar surface area (TPSA) is 68.0 Å². The van der Waals surface area contributed by atoms with Gasteiger partial charge in [0.2, 0.25) is 0 Å². The van der Waals surface area contributed by atoms with E-state index in [0.29, 0.717) is 22.6 Å². The van der Waals surface area contributed by atoms with E-state index in [4.69, 9.17) is 11.6 Å². The van der Waals surface area contributed by atoms with Crippen LogP contribution in [0, 0.1) is 0 Å². The molecule has 3 aromatic rings. The van der Waals surface area contributed by atoms with E-state index < -0.39 is 5.97 Å². The first-order chi connectivity index (χ1) is 9.66. The maximum absolute atomic E-state index is 11.3. The fraction of sp³-hybridized carbons (Fsp3) is 0.0714. The first-order valence-electron chi connectivity index (χ1n) is 5.96. The summed E-state index contributed by atoms with van der Waals surface area (Å²) in [6.07, 6.45) is 0. The van der Waals surface area contributed by atoms with Crippen LogP contribution in [0.3, 0.4) is 0 Å². The van der Waals surface area contributed by atoms with Gasteiger partial charge in [0.15, 0.2) is 0 Å². The number of nitrogens with zero attached hydrogens (tertiary/aromatic N) is 3. The minimum Gasteiger partial charge on any atom is -0.478 e. The fourth-order valence-corrected chi connectivity index (χ4v) is 2.30. The van der Waals surface area contributed by atoms with Gasteiger partial charge in [-0.2, -0.15) is 0 Å². The van der Waals surface area contributed by atoms with Gasteiger partial charge in [-0.15, -0.1) is 5.10 Å². The van der Waals surface area contributed by atoms with Crippen molar-refractivity contribution in [2.24, 2.45) is 0 Å². The van der Waals surface area contributed by atoms with Crippen LogP contribution in [0.15, 0.2) is 42.5 Å². The Labute approximate surface area is 119 Å². The number of hydrogen-bond acceptors (Lipinski definition) is 3. The number of para-hydroxylation sites is 1. The molecular weight excluding hydrogens is 278 g/mol. The Hall–Kier alpha value is -2.40. The van der Waals surface area contributed by atoms with Crippen LogP contribution in [0.2, 0.25) is 5.02 Å². The van der Waals surface area contributed by atoms with Crippen molar-refractivity contribution in [3.63, 3.8) is 0 Å². The van der Waals surface area contributed by atoms with Gasteiger partial charge in [-0.05, 0) is 23.8 Å². The van der Waals surface area contributed by atoms with Crippen molar-refractivity contribution in [1.29, 1.82) is 0 Å². The SMILES string of the molecule is O=C(O)c1cccc2nnn(Cc3ccccc3Cl)c12. The van der Waals surface area contributed by atoms with E-state index in [2.05, 4.69) is 10.3 Å². The molecule has 0 saturated carbocycles. The van der Waals surface area contributed by atoms with Crippen molar-refractivity contribution in [2.45, 2.75) is 6.54 Å². The minimum atomic E-state index is -1.00. The summed E-state index contributed by atoms with van der Waals surface area (Å²) in [5, 5.41) is 17.9. The number of carboxylic acids is 1. The van der Waals surface area contributed by atoms with Crippen LogP contribution in [-0.4, -0.2) is 26.1 Å². The zero-order chi connectivity index (χ0) is 14.1. The van der Waals surface area contributed by atoms with Crippen molar-refractivity contribution >= 4 is 28.6 Å². The van der Waals surface area contributed by atoms with Gasteiger partial charge < -0.3 is 5.11 Å². The number of carboxylic acid groups (broad SMARTS) is 1. The average Bonchev–Trinajstić information content (AvgIpc) is 2.84. The number of halogens is 1. The summed E-state index contributed by atoms with van der Waals surface area (Å²) in [7, 11) is 0. The molecule has 3 rings (SSSR count). The lowest BCUT2D eigenvalue weighted by molar-refractivity contribution is 0.0698. The molecule has 1 N–H and O–H groups in total. The standard InChI is InChI=1S/C14H10ClN3O2/c15-11-6-2-1-4-9(11)8-18-13-10(14(19)20)5-3-7-12(13)16-17-18/h1-7H,8H2,(H,19,20). The lowest BCUT2D eigenvalue weighted by Crippen LogP contribution is -2.06. The molecule has 20 heavy (non-hydrogen) atoms. The van der Waals surface area contributed by atoms with Crippen molar-refractivity contribution in [3.8, 4) is 0 Å². The second-order valence-electron chi connectivity index (χ2n) is 4.32. The highest BCUT2D eigenvalue weighted by atomic mass is 35.5. The van der Waals surface area contributed by atoms with E-state index in [1.165, 1.54) is 6.07 Å². The van der Waals surface area contributed by atoms with Gasteiger partial charge in [0.05, 0.1) is 12.1 Å². The van der Waals surface area contributed by atoms with Crippen molar-refractivity contribution in [1.82, 2.24) is 15.0 Å². The molecular formula is C14H10ClN3O2. The molecule has 0 unspecified atom stereocenters. The predicted octanol–water partition coefficient (Wildman–Crippen LogP) is 2.83. The molecule has 0 spiro atoms. The Morgan fingerprint density at radius 1 is 1.20 bits per heavy atom. The second kappa shape index (κ2) is 4.94. The van der Waals surface area contributed by atoms with Crippen molar-refractivity contribution in [3.05, 3.63) is 58.6 Å². The highest BCUT2D eigenvalue weighted by Gasteiger charge is 2.15. The zero-order valence-electron chi connectivity index (χ0n) is 10.3. The van der Waals surface area contributed by atoms with Crippen LogP contribution in [0.25, 0.3) is 11.0 Å². The first-order valence-corrected chi connectivity index (χ1v) is 6.33. The molecule has 0 aliphatic carbocycles. The number of carbonyl (C=O) groups is 1. The van der Waals surface area contributed by atoms with Crippen LogP contribution in [0.1, 0.15) is 15.9 Å². The molecule has 2 aromatic carbocycles. The summed E-state index contributed by atoms with van der Waals surface area (Å²) in [4.78, 5) is 11.3. The largest absolute Gasteiger partial charge is 0.478 e. The van der Waals surface area contributed by atoms with Crippen LogP contribution in [0.5, 0.6) is 0 Å². The molecule has 6 heteroatoms. The number of hydrogen-bond donors (Lipinski definition) is 1. The number of benzene rings is 2. The number of aromatic carboxylic acids is 1. The van der Waals surface area contributed by atoms with Crippen molar-refractivity contribution in [2.75, 3.05) is 0 Å². The van der Waals surface area contributed by atoms with E-state index in [1.807, 2.05) is 18.2 Å². The van der Waals surface area contributed by atoms with Gasteiger partial charge in [0.1, 0.15) is 11.0 Å². The summed E-state index contributed by atoms with van der Waals surface area (Å²) in [5.41, 5.74) is 2.09. The van der Waals surface area contributed by atoms with E-state index in [1.54, 1.807) is 22.9 Å². The fourth-order valence-electron chi connectivity index (χ4n) is 2.10. The van der Waals surface area contributed by atoms with Gasteiger partial charge in [-0.3, -0.25) is 0 Å². The third-order valence-electron chi connectivity index (χ3n) is 3.04. The highest BCUT2D eigenvalue weighted by molar-refractivity contribution is 6.31. The second-order valence-corrected chi connectivity index (χ2v) is 4.72. The third kappa shape index (κ3) is 2.12. The Morgan fingerprint density at radius 2 is 2.00 bits per heavy atom. The Morgan fingerprint density at radius 3 is 2.75 bits per heavy atom. The quantitative estimate of drug-likeness (QED) is 0.804. The van der Waals surface area contributed by atoms with E-state index >= 15 is 0 Å². The molecule has 0 aliphatic heterocycles. The van der Waals surface area contributed by atoms with Gasteiger partial charge in [-0.25, -0.2) is 9.48 Å². The number of rotatable bonds is 3. The third-order valence-corrected chi connectivity index (χ3v) is 3.41. The molecule has 0 bridgehead atoms. The Bertz CT molecular complexity index is 798. The molecule has 0 radical (unpaired) electrons. The van der Waals surface area contributed by atoms with Crippen LogP contribution >= 0.6 is 11.6 Å². The summed E-state index contributed by atoms with van der Waals surface area (Å²) >= 11 is 6.12. The van der Waals surface area contributed by atoms with Crippen LogP contribution in [0.4, 0.5) is 0 Å². The van der Waals surface area contributed by atoms with Gasteiger partial charge in [0, 0.05) is 5.02 Å². The maximum Gasteiger partial charge on any atom is 0.337 e. The summed E-state index contributed by atoms with van der Waals surface area (Å²) in [6.45, 7) is 0.375. The molecule has 0 atom stereocenters. The summed E-state index contributed by atoms with van der Waals surface area (Å²) in [6, 6.07) is 12.3. The molecule has 0 saturated heterocycles. The van der Waals surface area contributed by atoms with Gasteiger partial charge in [-0.1, -0.05) is 41.1 Å². The summed E-state index contributed by atoms with van der Waals surface area (Å²) < 4.78 is 1.56. The lowest BCUT2D eigenvalue weighted by atomic mass is 10.1. The molecule has 0 aliphatic rings. The van der Waals surface area contributed by atoms with Crippen LogP contribution < -0.4 is 0 Å². The molecule has 100 valence electrons. The normalized spacial score (nSPS) is 10.8. The Balaban J connectivity index is 2.13. The smallest absolute Gasteiger partial charge is 0.337 e. The van der Waals surface area contributed by atoms with Gasteiger partial charge >= 0.3 is 5.97 Å². The van der Waals surface area contributed by atoms with Crippen LogP contribution in [-0.2, 0) is 6.54 Å². The zero-order valence-corrected chi connectivity index (χ0v) is 11.1. The van der Waals surface area contributed by atoms with Gasteiger partial charge in [0.25, 0.3) is 0 Å². The molecule has 1 aromatic heterocycles. The van der Waals surface area contributed by atoms with E-state index in [-0.39, 0.29) is 5.56 Å². The lowest BCUT2D eigenvalue weighted by Gasteiger charge is -2.06. The molecule has 0 amide bonds. The maximum atomic E-state index is 11.3. The summed E-state index contributed by atoms with van der Waals surface area (Å²) in [5.74, 6) is -1.00. The van der Waals surface area contributed by atoms with E-state index in [0.717, 1.165) is 5.56 Å². The monoisotopic (exact) mass is 287 g/mol. The molecule has 0 fully saturated rings. The number of fused-ring (bicyclic) bond motifs is 1. The van der Waals surface area contributed by atoms with Crippen molar-refractivity contribution < 1.29 is 9.90 Å².